The summed E-state index contributed by atoms with van der Waals surface area (Å²) in [7, 11) is 0. The maximum absolute atomic E-state index is 5.96. The van der Waals surface area contributed by atoms with Gasteiger partial charge in [-0.2, -0.15) is 0 Å². The summed E-state index contributed by atoms with van der Waals surface area (Å²) >= 11 is 0. The van der Waals surface area contributed by atoms with Crippen molar-refractivity contribution in [2.75, 3.05) is 0 Å². The molecule has 20 heavy (non-hydrogen) atoms. The van der Waals surface area contributed by atoms with E-state index in [0.717, 1.165) is 22.9 Å². The molecule has 2 aromatic heterocycles. The molecule has 0 fully saturated rings. The van der Waals surface area contributed by atoms with Gasteiger partial charge in [-0.3, -0.25) is 0 Å². The Labute approximate surface area is 118 Å². The van der Waals surface area contributed by atoms with E-state index >= 15 is 0 Å². The highest BCUT2D eigenvalue weighted by molar-refractivity contribution is 5.82. The molecule has 0 saturated heterocycles. The minimum absolute atomic E-state index is 0.146. The van der Waals surface area contributed by atoms with Gasteiger partial charge in [-0.05, 0) is 44.5 Å². The summed E-state index contributed by atoms with van der Waals surface area (Å²) in [6.07, 6.45) is 0. The minimum atomic E-state index is 0.146. The lowest BCUT2D eigenvalue weighted by Crippen LogP contribution is -2.17. The van der Waals surface area contributed by atoms with Crippen molar-refractivity contribution in [3.63, 3.8) is 0 Å². The van der Waals surface area contributed by atoms with Gasteiger partial charge in [-0.1, -0.05) is 18.2 Å². The van der Waals surface area contributed by atoms with Crippen LogP contribution in [0.2, 0.25) is 0 Å². The summed E-state index contributed by atoms with van der Waals surface area (Å²) < 4.78 is 11.5. The largest absolute Gasteiger partial charge is 0.465 e. The predicted molar refractivity (Wildman–Crippen MR) is 79.7 cm³/mol. The van der Waals surface area contributed by atoms with Crippen molar-refractivity contribution in [3.8, 4) is 0 Å². The zero-order valence-electron chi connectivity index (χ0n) is 12.1. The maximum Gasteiger partial charge on any atom is 0.134 e. The third kappa shape index (κ3) is 2.37. The first-order chi connectivity index (χ1) is 9.65. The van der Waals surface area contributed by atoms with Crippen LogP contribution < -0.4 is 5.32 Å². The molecule has 3 aromatic rings. The number of hydrogen-bond acceptors (Lipinski definition) is 3. The molecule has 3 nitrogen and oxygen atoms in total. The van der Waals surface area contributed by atoms with Gasteiger partial charge in [-0.15, -0.1) is 0 Å². The Morgan fingerprint density at radius 1 is 1.05 bits per heavy atom. The molecule has 1 unspecified atom stereocenters. The van der Waals surface area contributed by atoms with Crippen LogP contribution in [0.5, 0.6) is 0 Å². The van der Waals surface area contributed by atoms with E-state index in [1.54, 1.807) is 0 Å². The molecule has 0 aliphatic carbocycles. The van der Waals surface area contributed by atoms with Crippen LogP contribution in [-0.4, -0.2) is 0 Å². The van der Waals surface area contributed by atoms with Crippen LogP contribution in [0.4, 0.5) is 0 Å². The Hall–Kier alpha value is -2.00. The molecular weight excluding hydrogens is 250 g/mol. The van der Waals surface area contributed by atoms with Gasteiger partial charge in [0.15, 0.2) is 0 Å². The predicted octanol–water partition coefficient (Wildman–Crippen LogP) is 4.49. The van der Waals surface area contributed by atoms with Crippen molar-refractivity contribution in [2.45, 2.75) is 33.4 Å². The highest BCUT2D eigenvalue weighted by Crippen LogP contribution is 2.29. The lowest BCUT2D eigenvalue weighted by Gasteiger charge is -2.11. The molecular formula is C17H19NO2. The number of aryl methyl sites for hydroxylation is 2. The summed E-state index contributed by atoms with van der Waals surface area (Å²) in [6.45, 7) is 6.87. The van der Waals surface area contributed by atoms with Crippen molar-refractivity contribution >= 4 is 11.0 Å². The smallest absolute Gasteiger partial charge is 0.134 e. The average molecular weight is 269 g/mol. The first-order valence-corrected chi connectivity index (χ1v) is 6.92. The van der Waals surface area contributed by atoms with Gasteiger partial charge in [0.05, 0.1) is 12.6 Å². The number of nitrogens with one attached hydrogen (secondary N) is 1. The Morgan fingerprint density at radius 2 is 1.85 bits per heavy atom. The van der Waals surface area contributed by atoms with Crippen LogP contribution in [0.25, 0.3) is 11.0 Å². The monoisotopic (exact) mass is 269 g/mol. The van der Waals surface area contributed by atoms with Gasteiger partial charge in [-0.25, -0.2) is 0 Å². The fourth-order valence-electron chi connectivity index (χ4n) is 2.53. The molecule has 0 saturated carbocycles. The summed E-state index contributed by atoms with van der Waals surface area (Å²) in [5.74, 6) is 2.88. The second-order valence-corrected chi connectivity index (χ2v) is 5.20. The molecule has 104 valence electrons. The second-order valence-electron chi connectivity index (χ2n) is 5.20. The summed E-state index contributed by atoms with van der Waals surface area (Å²) in [4.78, 5) is 0. The van der Waals surface area contributed by atoms with Crippen LogP contribution >= 0.6 is 0 Å². The molecule has 1 atom stereocenters. The van der Waals surface area contributed by atoms with Gasteiger partial charge in [0.1, 0.15) is 22.9 Å². The fourth-order valence-corrected chi connectivity index (χ4v) is 2.53. The Bertz CT molecular complexity index is 724. The van der Waals surface area contributed by atoms with Gasteiger partial charge >= 0.3 is 0 Å². The van der Waals surface area contributed by atoms with E-state index < -0.39 is 0 Å². The molecule has 3 heteroatoms. The van der Waals surface area contributed by atoms with Crippen molar-refractivity contribution < 1.29 is 8.83 Å². The Balaban J connectivity index is 1.78. The number of rotatable bonds is 4. The molecule has 0 aliphatic rings. The molecule has 0 amide bonds. The lowest BCUT2D eigenvalue weighted by atomic mass is 10.1. The third-order valence-corrected chi connectivity index (χ3v) is 3.65. The first-order valence-electron chi connectivity index (χ1n) is 6.92. The van der Waals surface area contributed by atoms with E-state index in [1.165, 1.54) is 10.9 Å². The average Bonchev–Trinajstić information content (AvgIpc) is 3.01. The van der Waals surface area contributed by atoms with Gasteiger partial charge < -0.3 is 14.2 Å². The second kappa shape index (κ2) is 5.17. The number of fused-ring (bicyclic) bond motifs is 1. The first kappa shape index (κ1) is 13.0. The van der Waals surface area contributed by atoms with Crippen LogP contribution in [0.1, 0.15) is 35.8 Å². The van der Waals surface area contributed by atoms with Crippen molar-refractivity contribution in [1.29, 1.82) is 0 Å². The standard InChI is InChI=1S/C17H19NO2/c1-11-8-9-14(19-11)10-18-13(3)17-12(2)15-6-4-5-7-16(15)20-17/h4-9,13,18H,10H2,1-3H3. The topological polar surface area (TPSA) is 38.3 Å². The molecule has 1 aromatic carbocycles. The molecule has 0 radical (unpaired) electrons. The lowest BCUT2D eigenvalue weighted by molar-refractivity contribution is 0.410. The summed E-state index contributed by atoms with van der Waals surface area (Å²) in [6, 6.07) is 12.3. The number of hydrogen-bond donors (Lipinski definition) is 1. The van der Waals surface area contributed by atoms with E-state index in [2.05, 4.69) is 25.2 Å². The normalized spacial score (nSPS) is 12.9. The van der Waals surface area contributed by atoms with E-state index in [-0.39, 0.29) is 6.04 Å². The Morgan fingerprint density at radius 3 is 2.55 bits per heavy atom. The molecule has 3 rings (SSSR count). The van der Waals surface area contributed by atoms with Crippen molar-refractivity contribution in [3.05, 3.63) is 59.2 Å². The van der Waals surface area contributed by atoms with Gasteiger partial charge in [0, 0.05) is 5.39 Å². The highest BCUT2D eigenvalue weighted by atomic mass is 16.3. The van der Waals surface area contributed by atoms with Crippen LogP contribution in [0.15, 0.2) is 45.2 Å². The van der Waals surface area contributed by atoms with Crippen molar-refractivity contribution in [1.82, 2.24) is 5.32 Å². The van der Waals surface area contributed by atoms with E-state index in [1.807, 2.05) is 37.3 Å². The number of para-hydroxylation sites is 1. The Kier molecular flexibility index (Phi) is 3.36. The summed E-state index contributed by atoms with van der Waals surface area (Å²) in [5, 5.41) is 4.63. The number of furan rings is 2. The number of benzene rings is 1. The SMILES string of the molecule is Cc1ccc(CNC(C)c2oc3ccccc3c2C)o1. The van der Waals surface area contributed by atoms with Crippen LogP contribution in [-0.2, 0) is 6.54 Å². The third-order valence-electron chi connectivity index (χ3n) is 3.65. The zero-order valence-corrected chi connectivity index (χ0v) is 12.1. The van der Waals surface area contributed by atoms with Gasteiger partial charge in [0.2, 0.25) is 0 Å². The van der Waals surface area contributed by atoms with E-state index in [4.69, 9.17) is 8.83 Å². The quantitative estimate of drug-likeness (QED) is 0.758. The molecule has 2 heterocycles. The van der Waals surface area contributed by atoms with Crippen LogP contribution in [0.3, 0.4) is 0 Å². The molecule has 0 spiro atoms. The van der Waals surface area contributed by atoms with E-state index in [9.17, 15) is 0 Å². The zero-order chi connectivity index (χ0) is 14.1. The fraction of sp³-hybridized carbons (Fsp3) is 0.294. The molecule has 0 bridgehead atoms. The van der Waals surface area contributed by atoms with Crippen molar-refractivity contribution in [2.24, 2.45) is 0 Å². The van der Waals surface area contributed by atoms with Crippen LogP contribution in [0, 0.1) is 13.8 Å². The minimum Gasteiger partial charge on any atom is -0.465 e. The highest BCUT2D eigenvalue weighted by Gasteiger charge is 2.16. The van der Waals surface area contributed by atoms with Gasteiger partial charge in [0.25, 0.3) is 0 Å². The van der Waals surface area contributed by atoms with E-state index in [0.29, 0.717) is 6.54 Å². The molecule has 1 N–H and O–H groups in total. The molecule has 0 aliphatic heterocycles. The maximum atomic E-state index is 5.96. The summed E-state index contributed by atoms with van der Waals surface area (Å²) in [5.41, 5.74) is 2.15.